The zero-order valence-corrected chi connectivity index (χ0v) is 11.5. The summed E-state index contributed by atoms with van der Waals surface area (Å²) in [7, 11) is 2.47. The van der Waals surface area contributed by atoms with Gasteiger partial charge in [0.2, 0.25) is 0 Å². The molecule has 0 saturated carbocycles. The summed E-state index contributed by atoms with van der Waals surface area (Å²) in [6.45, 7) is 0. The molecule has 0 aliphatic rings. The summed E-state index contributed by atoms with van der Waals surface area (Å²) < 4.78 is 39.9. The Morgan fingerprint density at radius 3 is 2.23 bits per heavy atom. The highest BCUT2D eigenvalue weighted by molar-refractivity contribution is 5.85. The first kappa shape index (κ1) is 17.6. The van der Waals surface area contributed by atoms with Gasteiger partial charge in [0.05, 0.1) is 7.11 Å². The number of likely N-dealkylation sites (N-methyl/N-ethyl adjacent to an activating group) is 1. The van der Waals surface area contributed by atoms with Crippen LogP contribution in [-0.4, -0.2) is 42.7 Å². The summed E-state index contributed by atoms with van der Waals surface area (Å²) in [4.78, 5) is 27.4. The lowest BCUT2D eigenvalue weighted by Gasteiger charge is -2.22. The number of carbonyl (C=O) groups is 2. The Morgan fingerprint density at radius 2 is 1.82 bits per heavy atom. The highest BCUT2D eigenvalue weighted by Crippen LogP contribution is 2.25. The molecule has 0 aliphatic heterocycles. The first-order valence-electron chi connectivity index (χ1n) is 5.81. The van der Waals surface area contributed by atoms with E-state index in [-0.39, 0.29) is 5.56 Å². The van der Waals surface area contributed by atoms with Gasteiger partial charge in [0, 0.05) is 7.05 Å². The van der Waals surface area contributed by atoms with Crippen molar-refractivity contribution in [2.24, 2.45) is 0 Å². The van der Waals surface area contributed by atoms with Gasteiger partial charge in [0.15, 0.2) is 0 Å². The van der Waals surface area contributed by atoms with E-state index >= 15 is 0 Å². The number of rotatable bonds is 5. The molecule has 0 saturated heterocycles. The average molecular weight is 322 g/mol. The smallest absolute Gasteiger partial charge is 0.465 e. The largest absolute Gasteiger partial charge is 0.573 e. The quantitative estimate of drug-likeness (QED) is 0.809. The van der Waals surface area contributed by atoms with Crippen molar-refractivity contribution >= 4 is 12.0 Å². The second-order valence-electron chi connectivity index (χ2n) is 4.02. The van der Waals surface area contributed by atoms with Crippen molar-refractivity contribution < 1.29 is 37.4 Å². The zero-order valence-electron chi connectivity index (χ0n) is 11.5. The van der Waals surface area contributed by atoms with Crippen LogP contribution >= 0.6 is 0 Å². The van der Waals surface area contributed by atoms with Crippen LogP contribution in [0.2, 0.25) is 0 Å². The van der Waals surface area contributed by atoms with Crippen LogP contribution in [0.1, 0.15) is 11.6 Å². The van der Waals surface area contributed by atoms with E-state index in [1.54, 1.807) is 0 Å². The van der Waals surface area contributed by atoms with Crippen LogP contribution in [-0.2, 0) is 9.63 Å². The fourth-order valence-electron chi connectivity index (χ4n) is 1.54. The number of carboxylic acid groups (broad SMARTS) is 1. The highest BCUT2D eigenvalue weighted by atomic mass is 19.4. The Labute approximate surface area is 123 Å². The van der Waals surface area contributed by atoms with Gasteiger partial charge in [0.1, 0.15) is 11.8 Å². The molecule has 0 spiro atoms. The molecule has 2 amide bonds. The van der Waals surface area contributed by atoms with Crippen molar-refractivity contribution in [3.05, 3.63) is 29.8 Å². The molecule has 1 rings (SSSR count). The summed E-state index contributed by atoms with van der Waals surface area (Å²) in [5.74, 6) is -1.23. The summed E-state index contributed by atoms with van der Waals surface area (Å²) in [6.07, 6.45) is -6.31. The predicted molar refractivity (Wildman–Crippen MR) is 66.8 cm³/mol. The Kier molecular flexibility index (Phi) is 5.57. The minimum absolute atomic E-state index is 0.130. The number of nitrogens with zero attached hydrogens (tertiary/aromatic N) is 1. The van der Waals surface area contributed by atoms with E-state index in [2.05, 4.69) is 9.57 Å². The molecule has 1 atom stereocenters. The van der Waals surface area contributed by atoms with Crippen LogP contribution in [0.4, 0.5) is 18.0 Å². The van der Waals surface area contributed by atoms with Crippen molar-refractivity contribution in [1.29, 1.82) is 0 Å². The minimum atomic E-state index is -4.84. The molecular weight excluding hydrogens is 309 g/mol. The second-order valence-corrected chi connectivity index (χ2v) is 4.02. The van der Waals surface area contributed by atoms with Gasteiger partial charge in [-0.2, -0.15) is 0 Å². The number of amides is 2. The van der Waals surface area contributed by atoms with E-state index in [9.17, 15) is 22.8 Å². The maximum atomic E-state index is 12.1. The first-order chi connectivity index (χ1) is 10.1. The van der Waals surface area contributed by atoms with E-state index < -0.39 is 30.2 Å². The summed E-state index contributed by atoms with van der Waals surface area (Å²) in [5, 5.41) is 11.5. The predicted octanol–water partition coefficient (Wildman–Crippen LogP) is 1.91. The molecule has 7 nitrogen and oxygen atoms in total. The summed E-state index contributed by atoms with van der Waals surface area (Å²) in [5.41, 5.74) is 0.130. The topological polar surface area (TPSA) is 88.1 Å². The van der Waals surface area contributed by atoms with Gasteiger partial charge < -0.3 is 15.2 Å². The van der Waals surface area contributed by atoms with E-state index in [0.717, 1.165) is 29.3 Å². The van der Waals surface area contributed by atoms with Gasteiger partial charge in [-0.1, -0.05) is 12.1 Å². The lowest BCUT2D eigenvalue weighted by molar-refractivity contribution is -0.274. The molecule has 0 aliphatic carbocycles. The third kappa shape index (κ3) is 5.13. The molecule has 2 N–H and O–H groups in total. The lowest BCUT2D eigenvalue weighted by atomic mass is 10.1. The molecule has 1 aromatic rings. The van der Waals surface area contributed by atoms with Crippen molar-refractivity contribution in [1.82, 2.24) is 10.4 Å². The molecule has 122 valence electrons. The number of carbonyl (C=O) groups excluding carboxylic acids is 1. The molecule has 10 heteroatoms. The van der Waals surface area contributed by atoms with Gasteiger partial charge in [-0.15, -0.1) is 13.2 Å². The van der Waals surface area contributed by atoms with E-state index in [4.69, 9.17) is 5.11 Å². The molecule has 0 heterocycles. The second kappa shape index (κ2) is 6.98. The Morgan fingerprint density at radius 1 is 1.27 bits per heavy atom. The van der Waals surface area contributed by atoms with Gasteiger partial charge in [-0.25, -0.2) is 9.86 Å². The molecule has 1 aromatic carbocycles. The number of ether oxygens (including phenoxy) is 1. The third-order valence-corrected chi connectivity index (χ3v) is 2.55. The number of hydroxylamine groups is 2. The fourth-order valence-corrected chi connectivity index (χ4v) is 1.54. The van der Waals surface area contributed by atoms with Crippen LogP contribution in [0.25, 0.3) is 0 Å². The maximum Gasteiger partial charge on any atom is 0.573 e. The Hall–Kier alpha value is -2.49. The third-order valence-electron chi connectivity index (χ3n) is 2.55. The monoisotopic (exact) mass is 322 g/mol. The number of benzene rings is 1. The Bertz CT molecular complexity index is 533. The van der Waals surface area contributed by atoms with Crippen LogP contribution < -0.4 is 10.1 Å². The molecule has 0 radical (unpaired) electrons. The van der Waals surface area contributed by atoms with Gasteiger partial charge in [-0.05, 0) is 17.7 Å². The minimum Gasteiger partial charge on any atom is -0.465 e. The SMILES string of the molecule is CON(C)C(=O)C(NC(=O)O)c1ccc(OC(F)(F)F)cc1. The zero-order chi connectivity index (χ0) is 16.9. The molecule has 0 fully saturated rings. The number of hydrogen-bond acceptors (Lipinski definition) is 4. The van der Waals surface area contributed by atoms with Gasteiger partial charge in [0.25, 0.3) is 5.91 Å². The number of halogens is 3. The van der Waals surface area contributed by atoms with Gasteiger partial charge in [-0.3, -0.25) is 9.63 Å². The highest BCUT2D eigenvalue weighted by Gasteiger charge is 2.31. The molecular formula is C12H13F3N2O5. The normalized spacial score (nSPS) is 12.4. The maximum absolute atomic E-state index is 12.1. The van der Waals surface area contributed by atoms with E-state index in [1.807, 2.05) is 5.32 Å². The fraction of sp³-hybridized carbons (Fsp3) is 0.333. The molecule has 0 bridgehead atoms. The molecule has 22 heavy (non-hydrogen) atoms. The first-order valence-corrected chi connectivity index (χ1v) is 5.81. The average Bonchev–Trinajstić information content (AvgIpc) is 2.42. The van der Waals surface area contributed by atoms with Crippen molar-refractivity contribution in [3.63, 3.8) is 0 Å². The van der Waals surface area contributed by atoms with Crippen molar-refractivity contribution in [2.75, 3.05) is 14.2 Å². The van der Waals surface area contributed by atoms with Gasteiger partial charge >= 0.3 is 12.5 Å². The molecule has 0 aromatic heterocycles. The summed E-state index contributed by atoms with van der Waals surface area (Å²) >= 11 is 0. The van der Waals surface area contributed by atoms with E-state index in [0.29, 0.717) is 0 Å². The summed E-state index contributed by atoms with van der Waals surface area (Å²) in [6, 6.07) is 2.90. The Balaban J connectivity index is 3.00. The standard InChI is InChI=1S/C12H13F3N2O5/c1-17(21-2)10(18)9(16-11(19)20)7-3-5-8(6-4-7)22-12(13,14)15/h3-6,9,16H,1-2H3,(H,19,20). The van der Waals surface area contributed by atoms with Crippen LogP contribution in [0, 0.1) is 0 Å². The van der Waals surface area contributed by atoms with Crippen LogP contribution in [0.5, 0.6) is 5.75 Å². The number of alkyl halides is 3. The van der Waals surface area contributed by atoms with Crippen molar-refractivity contribution in [2.45, 2.75) is 12.4 Å². The van der Waals surface area contributed by atoms with Crippen LogP contribution in [0.15, 0.2) is 24.3 Å². The number of nitrogens with one attached hydrogen (secondary N) is 1. The lowest BCUT2D eigenvalue weighted by Crippen LogP contribution is -2.40. The van der Waals surface area contributed by atoms with Crippen molar-refractivity contribution in [3.8, 4) is 5.75 Å². The van der Waals surface area contributed by atoms with E-state index in [1.165, 1.54) is 14.2 Å². The number of hydrogen-bond donors (Lipinski definition) is 2. The van der Waals surface area contributed by atoms with Crippen LogP contribution in [0.3, 0.4) is 0 Å². The molecule has 1 unspecified atom stereocenters.